The number of hydrogen-bond donors (Lipinski definition) is 1. The van der Waals surface area contributed by atoms with E-state index in [0.717, 1.165) is 5.69 Å². The number of rotatable bonds is 3. The minimum atomic E-state index is -0.792. The molecule has 28 heavy (non-hydrogen) atoms. The minimum absolute atomic E-state index is 0.184. The number of nitrogen functional groups attached to an aromatic ring is 1. The second-order valence-electron chi connectivity index (χ2n) is 6.19. The first kappa shape index (κ1) is 17.9. The van der Waals surface area contributed by atoms with Gasteiger partial charge in [-0.3, -0.25) is 0 Å². The van der Waals surface area contributed by atoms with Crippen molar-refractivity contribution < 1.29 is 19.0 Å². The van der Waals surface area contributed by atoms with E-state index in [-0.39, 0.29) is 12.6 Å². The number of imidazole rings is 1. The first-order valence-corrected chi connectivity index (χ1v) is 8.58. The van der Waals surface area contributed by atoms with Crippen LogP contribution in [0.15, 0.2) is 24.8 Å². The van der Waals surface area contributed by atoms with Crippen LogP contribution in [0, 0.1) is 6.92 Å². The summed E-state index contributed by atoms with van der Waals surface area (Å²) in [4.78, 5) is 30.9. The number of nitrogens with zero attached hydrogens (tertiary/aromatic N) is 6. The number of nitrogens with two attached hydrogens (primary N) is 1. The lowest BCUT2D eigenvalue weighted by Crippen LogP contribution is -2.48. The molecule has 1 fully saturated rings. The van der Waals surface area contributed by atoms with Gasteiger partial charge in [0.05, 0.1) is 25.1 Å². The molecule has 11 heteroatoms. The predicted octanol–water partition coefficient (Wildman–Crippen LogP) is 1.02. The van der Waals surface area contributed by atoms with Crippen molar-refractivity contribution in [3.05, 3.63) is 30.5 Å². The smallest absolute Gasteiger partial charge is 0.438 e. The predicted molar refractivity (Wildman–Crippen MR) is 98.6 cm³/mol. The van der Waals surface area contributed by atoms with E-state index in [9.17, 15) is 4.79 Å². The summed E-state index contributed by atoms with van der Waals surface area (Å²) in [6.07, 6.45) is 5.45. The number of ether oxygens (including phenoxy) is 3. The molecule has 0 bridgehead atoms. The van der Waals surface area contributed by atoms with Gasteiger partial charge in [-0.1, -0.05) is 0 Å². The summed E-state index contributed by atoms with van der Waals surface area (Å²) in [6, 6.07) is 0. The van der Waals surface area contributed by atoms with Gasteiger partial charge in [0.25, 0.3) is 0 Å². The molecule has 1 aliphatic heterocycles. The van der Waals surface area contributed by atoms with Crippen LogP contribution < -0.4 is 10.6 Å². The standard InChI is InChI=1S/C17H19N7O4/c1-10-7-23-8-12(11-5-19-16(18)20-6-11)22-15(14(23)21-10)24-3-4-27-9-13(24)28-17(25)26-2/h5-8,13H,3-4,9H2,1-2H3,(H2,18,19,20). The number of aromatic nitrogens is 5. The van der Waals surface area contributed by atoms with E-state index < -0.39 is 12.4 Å². The number of methoxy groups -OCH3 is 1. The van der Waals surface area contributed by atoms with Crippen LogP contribution in [0.3, 0.4) is 0 Å². The molecule has 4 rings (SSSR count). The van der Waals surface area contributed by atoms with Gasteiger partial charge in [0.2, 0.25) is 12.2 Å². The zero-order valence-electron chi connectivity index (χ0n) is 15.4. The van der Waals surface area contributed by atoms with Gasteiger partial charge < -0.3 is 29.2 Å². The van der Waals surface area contributed by atoms with Crippen LogP contribution >= 0.6 is 0 Å². The maximum Gasteiger partial charge on any atom is 0.510 e. The van der Waals surface area contributed by atoms with Crippen molar-refractivity contribution in [3.8, 4) is 11.3 Å². The molecule has 0 aromatic carbocycles. The summed E-state index contributed by atoms with van der Waals surface area (Å²) in [5.74, 6) is 0.739. The summed E-state index contributed by atoms with van der Waals surface area (Å²) in [6.45, 7) is 3.02. The minimum Gasteiger partial charge on any atom is -0.438 e. The molecule has 3 aromatic heterocycles. The van der Waals surface area contributed by atoms with Crippen LogP contribution in [0.25, 0.3) is 16.9 Å². The highest BCUT2D eigenvalue weighted by Gasteiger charge is 2.30. The highest BCUT2D eigenvalue weighted by atomic mass is 16.7. The zero-order chi connectivity index (χ0) is 19.7. The Kier molecular flexibility index (Phi) is 4.65. The fraction of sp³-hybridized carbons (Fsp3) is 0.353. The van der Waals surface area contributed by atoms with Gasteiger partial charge in [-0.05, 0) is 6.92 Å². The molecular weight excluding hydrogens is 366 g/mol. The summed E-state index contributed by atoms with van der Waals surface area (Å²) >= 11 is 0. The third-order valence-corrected chi connectivity index (χ3v) is 4.26. The second kappa shape index (κ2) is 7.27. The fourth-order valence-corrected chi connectivity index (χ4v) is 2.99. The Morgan fingerprint density at radius 2 is 2.07 bits per heavy atom. The Balaban J connectivity index is 1.81. The Morgan fingerprint density at radius 1 is 1.29 bits per heavy atom. The van der Waals surface area contributed by atoms with Gasteiger partial charge in [0.15, 0.2) is 11.5 Å². The summed E-state index contributed by atoms with van der Waals surface area (Å²) in [5.41, 5.74) is 8.37. The van der Waals surface area contributed by atoms with Gasteiger partial charge in [-0.25, -0.2) is 24.7 Å². The molecule has 4 heterocycles. The van der Waals surface area contributed by atoms with Crippen molar-refractivity contribution in [1.82, 2.24) is 24.3 Å². The van der Waals surface area contributed by atoms with E-state index >= 15 is 0 Å². The van der Waals surface area contributed by atoms with E-state index in [4.69, 9.17) is 20.2 Å². The number of anilines is 2. The Labute approximate surface area is 160 Å². The third-order valence-electron chi connectivity index (χ3n) is 4.26. The van der Waals surface area contributed by atoms with Crippen LogP contribution in [0.1, 0.15) is 5.69 Å². The van der Waals surface area contributed by atoms with E-state index in [2.05, 4.69) is 19.7 Å². The molecule has 0 aliphatic carbocycles. The van der Waals surface area contributed by atoms with E-state index in [1.807, 2.05) is 28.6 Å². The number of carbonyl (C=O) groups is 1. The molecule has 11 nitrogen and oxygen atoms in total. The zero-order valence-corrected chi connectivity index (χ0v) is 15.4. The largest absolute Gasteiger partial charge is 0.510 e. The van der Waals surface area contributed by atoms with Crippen molar-refractivity contribution >= 4 is 23.6 Å². The lowest BCUT2D eigenvalue weighted by molar-refractivity contribution is -0.0295. The molecule has 0 saturated carbocycles. The maximum absolute atomic E-state index is 11.6. The number of fused-ring (bicyclic) bond motifs is 1. The van der Waals surface area contributed by atoms with Gasteiger partial charge >= 0.3 is 6.16 Å². The molecule has 2 N–H and O–H groups in total. The lowest BCUT2D eigenvalue weighted by atomic mass is 10.2. The Morgan fingerprint density at radius 3 is 2.82 bits per heavy atom. The van der Waals surface area contributed by atoms with E-state index in [1.54, 1.807) is 12.4 Å². The monoisotopic (exact) mass is 385 g/mol. The molecular formula is C17H19N7O4. The average Bonchev–Trinajstić information content (AvgIpc) is 3.08. The van der Waals surface area contributed by atoms with Crippen molar-refractivity contribution in [2.45, 2.75) is 13.2 Å². The normalized spacial score (nSPS) is 16.9. The quantitative estimate of drug-likeness (QED) is 0.652. The number of aryl methyl sites for hydroxylation is 1. The summed E-state index contributed by atoms with van der Waals surface area (Å²) < 4.78 is 17.3. The molecule has 0 radical (unpaired) electrons. The van der Waals surface area contributed by atoms with Crippen molar-refractivity contribution in [2.24, 2.45) is 0 Å². The van der Waals surface area contributed by atoms with Crippen LogP contribution in [-0.2, 0) is 14.2 Å². The van der Waals surface area contributed by atoms with Crippen LogP contribution in [0.4, 0.5) is 16.6 Å². The first-order chi connectivity index (χ1) is 13.5. The molecule has 1 atom stereocenters. The van der Waals surface area contributed by atoms with Crippen molar-refractivity contribution in [1.29, 1.82) is 0 Å². The van der Waals surface area contributed by atoms with Gasteiger partial charge in [0.1, 0.15) is 6.61 Å². The maximum atomic E-state index is 11.6. The fourth-order valence-electron chi connectivity index (χ4n) is 2.99. The molecule has 1 saturated heterocycles. The highest BCUT2D eigenvalue weighted by molar-refractivity contribution is 5.71. The molecule has 3 aromatic rings. The SMILES string of the molecule is COC(=O)OC1COCCN1c1nc(-c2cnc(N)nc2)cn2cc(C)nc12. The Bertz CT molecular complexity index is 1000. The summed E-state index contributed by atoms with van der Waals surface area (Å²) in [7, 11) is 1.26. The summed E-state index contributed by atoms with van der Waals surface area (Å²) in [5, 5.41) is 0. The van der Waals surface area contributed by atoms with Crippen LogP contribution in [0.5, 0.6) is 0 Å². The third kappa shape index (κ3) is 3.39. The van der Waals surface area contributed by atoms with Gasteiger partial charge in [-0.15, -0.1) is 0 Å². The number of morpholine rings is 1. The van der Waals surface area contributed by atoms with Crippen LogP contribution in [-0.4, -0.2) is 63.6 Å². The van der Waals surface area contributed by atoms with Crippen molar-refractivity contribution in [3.63, 3.8) is 0 Å². The van der Waals surface area contributed by atoms with Gasteiger partial charge in [0, 0.05) is 36.9 Å². The van der Waals surface area contributed by atoms with Crippen LogP contribution in [0.2, 0.25) is 0 Å². The lowest BCUT2D eigenvalue weighted by Gasteiger charge is -2.35. The molecule has 1 unspecified atom stereocenters. The van der Waals surface area contributed by atoms with E-state index in [0.29, 0.717) is 35.9 Å². The van der Waals surface area contributed by atoms with Crippen molar-refractivity contribution in [2.75, 3.05) is 37.5 Å². The van der Waals surface area contributed by atoms with Gasteiger partial charge in [-0.2, -0.15) is 0 Å². The molecule has 146 valence electrons. The first-order valence-electron chi connectivity index (χ1n) is 8.58. The molecule has 1 aliphatic rings. The topological polar surface area (TPSA) is 130 Å². The van der Waals surface area contributed by atoms with E-state index in [1.165, 1.54) is 7.11 Å². The molecule has 0 spiro atoms. The highest BCUT2D eigenvalue weighted by Crippen LogP contribution is 2.27. The molecule has 0 amide bonds. The number of hydrogen-bond acceptors (Lipinski definition) is 10. The average molecular weight is 385 g/mol. The second-order valence-corrected chi connectivity index (χ2v) is 6.19. The Hall–Kier alpha value is -3.47. The number of carbonyl (C=O) groups excluding carboxylic acids is 1.